The van der Waals surface area contributed by atoms with Crippen LogP contribution >= 0.6 is 11.6 Å². The molecule has 0 saturated heterocycles. The molecule has 3 rings (SSSR count). The molecule has 1 unspecified atom stereocenters. The van der Waals surface area contributed by atoms with Gasteiger partial charge in [-0.25, -0.2) is 5.43 Å². The predicted octanol–water partition coefficient (Wildman–Crippen LogP) is 2.45. The van der Waals surface area contributed by atoms with Crippen molar-refractivity contribution in [1.29, 1.82) is 0 Å². The maximum atomic E-state index is 5.87. The molecule has 0 fully saturated rings. The first kappa shape index (κ1) is 14.1. The first-order valence-corrected chi connectivity index (χ1v) is 7.13. The minimum Gasteiger partial charge on any atom is -0.490 e. The largest absolute Gasteiger partial charge is 0.490 e. The number of fused-ring (bicyclic) bond motifs is 1. The van der Waals surface area contributed by atoms with E-state index in [1.807, 2.05) is 24.3 Å². The highest BCUT2D eigenvalue weighted by Crippen LogP contribution is 2.33. The highest BCUT2D eigenvalue weighted by molar-refractivity contribution is 6.30. The number of rotatable bonds is 3. The number of nitrogens with two attached hydrogens (primary N) is 1. The van der Waals surface area contributed by atoms with Crippen molar-refractivity contribution >= 4 is 11.6 Å². The molecule has 1 aromatic heterocycles. The summed E-state index contributed by atoms with van der Waals surface area (Å²) in [6, 6.07) is 9.18. The summed E-state index contributed by atoms with van der Waals surface area (Å²) in [5, 5.41) is 0.591. The predicted molar refractivity (Wildman–Crippen MR) is 80.5 cm³/mol. The van der Waals surface area contributed by atoms with E-state index in [-0.39, 0.29) is 6.04 Å². The lowest BCUT2D eigenvalue weighted by atomic mass is 10.0. The third-order valence-corrected chi connectivity index (χ3v) is 3.54. The van der Waals surface area contributed by atoms with Crippen LogP contribution in [0.2, 0.25) is 5.02 Å². The molecule has 6 heteroatoms. The SMILES string of the molecule is NNC(c1ccc2c(c1)OCCCO2)c1ccc(Cl)cn1. The van der Waals surface area contributed by atoms with Crippen LogP contribution in [0.1, 0.15) is 23.7 Å². The van der Waals surface area contributed by atoms with Crippen LogP contribution in [0, 0.1) is 0 Å². The lowest BCUT2D eigenvalue weighted by molar-refractivity contribution is 0.297. The van der Waals surface area contributed by atoms with E-state index in [2.05, 4.69) is 10.4 Å². The molecule has 21 heavy (non-hydrogen) atoms. The first-order valence-electron chi connectivity index (χ1n) is 6.75. The van der Waals surface area contributed by atoms with Crippen molar-refractivity contribution in [1.82, 2.24) is 10.4 Å². The fourth-order valence-corrected chi connectivity index (χ4v) is 2.38. The molecule has 2 aromatic rings. The molecule has 3 N–H and O–H groups in total. The minimum atomic E-state index is -0.237. The summed E-state index contributed by atoms with van der Waals surface area (Å²) in [4.78, 5) is 4.31. The molecule has 1 aliphatic rings. The van der Waals surface area contributed by atoms with Gasteiger partial charge in [-0.1, -0.05) is 17.7 Å². The average molecular weight is 306 g/mol. The standard InChI is InChI=1S/C15H16ClN3O2/c16-11-3-4-12(18-9-11)15(19-17)10-2-5-13-14(8-10)21-7-1-6-20-13/h2-5,8-9,15,19H,1,6-7,17H2. The molecule has 0 radical (unpaired) electrons. The van der Waals surface area contributed by atoms with Gasteiger partial charge in [0, 0.05) is 12.6 Å². The molecular formula is C15H16ClN3O2. The number of nitrogens with zero attached hydrogens (tertiary/aromatic N) is 1. The van der Waals surface area contributed by atoms with Crippen LogP contribution in [-0.4, -0.2) is 18.2 Å². The molecule has 0 aliphatic carbocycles. The number of nitrogens with one attached hydrogen (secondary N) is 1. The van der Waals surface area contributed by atoms with E-state index >= 15 is 0 Å². The van der Waals surface area contributed by atoms with Crippen molar-refractivity contribution < 1.29 is 9.47 Å². The molecule has 0 saturated carbocycles. The summed E-state index contributed by atoms with van der Waals surface area (Å²) in [6.07, 6.45) is 2.48. The summed E-state index contributed by atoms with van der Waals surface area (Å²) in [6.45, 7) is 1.32. The van der Waals surface area contributed by atoms with E-state index in [4.69, 9.17) is 26.9 Å². The van der Waals surface area contributed by atoms with Gasteiger partial charge in [0.05, 0.1) is 30.0 Å². The molecule has 110 valence electrons. The number of benzene rings is 1. The van der Waals surface area contributed by atoms with Crippen molar-refractivity contribution in [2.75, 3.05) is 13.2 Å². The Labute approximate surface area is 128 Å². The van der Waals surface area contributed by atoms with Crippen molar-refractivity contribution in [3.05, 3.63) is 52.8 Å². The fourth-order valence-electron chi connectivity index (χ4n) is 2.27. The monoisotopic (exact) mass is 305 g/mol. The smallest absolute Gasteiger partial charge is 0.161 e. The lowest BCUT2D eigenvalue weighted by Gasteiger charge is -2.17. The van der Waals surface area contributed by atoms with E-state index in [9.17, 15) is 0 Å². The number of hydrogen-bond acceptors (Lipinski definition) is 5. The van der Waals surface area contributed by atoms with Crippen molar-refractivity contribution in [3.63, 3.8) is 0 Å². The summed E-state index contributed by atoms with van der Waals surface area (Å²) in [5.41, 5.74) is 4.52. The maximum absolute atomic E-state index is 5.87. The molecule has 0 bridgehead atoms. The second-order valence-electron chi connectivity index (χ2n) is 4.76. The molecule has 0 spiro atoms. The molecule has 2 heterocycles. The zero-order valence-corrected chi connectivity index (χ0v) is 12.1. The maximum Gasteiger partial charge on any atom is 0.161 e. The highest BCUT2D eigenvalue weighted by Gasteiger charge is 2.18. The van der Waals surface area contributed by atoms with Crippen LogP contribution in [0.4, 0.5) is 0 Å². The van der Waals surface area contributed by atoms with Crippen LogP contribution in [0.3, 0.4) is 0 Å². The molecule has 5 nitrogen and oxygen atoms in total. The van der Waals surface area contributed by atoms with Gasteiger partial charge in [0.15, 0.2) is 11.5 Å². The summed E-state index contributed by atoms with van der Waals surface area (Å²) < 4.78 is 11.3. The zero-order chi connectivity index (χ0) is 14.7. The van der Waals surface area contributed by atoms with E-state index in [0.717, 1.165) is 29.2 Å². The number of pyridine rings is 1. The Morgan fingerprint density at radius 3 is 2.67 bits per heavy atom. The number of halogens is 1. The van der Waals surface area contributed by atoms with Gasteiger partial charge >= 0.3 is 0 Å². The topological polar surface area (TPSA) is 69.4 Å². The highest BCUT2D eigenvalue weighted by atomic mass is 35.5. The van der Waals surface area contributed by atoms with Crippen LogP contribution in [0.25, 0.3) is 0 Å². The van der Waals surface area contributed by atoms with E-state index in [1.54, 1.807) is 12.3 Å². The zero-order valence-electron chi connectivity index (χ0n) is 11.4. The van der Waals surface area contributed by atoms with Crippen LogP contribution in [-0.2, 0) is 0 Å². The Kier molecular flexibility index (Phi) is 4.24. The number of hydrazine groups is 1. The third-order valence-electron chi connectivity index (χ3n) is 3.32. The number of aromatic nitrogens is 1. The quantitative estimate of drug-likeness (QED) is 0.673. The molecule has 1 atom stereocenters. The van der Waals surface area contributed by atoms with E-state index in [1.165, 1.54) is 0 Å². The van der Waals surface area contributed by atoms with Crippen LogP contribution in [0.15, 0.2) is 36.5 Å². The van der Waals surface area contributed by atoms with Gasteiger partial charge in [-0.15, -0.1) is 0 Å². The van der Waals surface area contributed by atoms with Gasteiger partial charge in [0.25, 0.3) is 0 Å². The molecule has 1 aliphatic heterocycles. The average Bonchev–Trinajstić information content (AvgIpc) is 2.75. The Balaban J connectivity index is 1.93. The first-order chi connectivity index (χ1) is 10.3. The van der Waals surface area contributed by atoms with Gasteiger partial charge < -0.3 is 9.47 Å². The van der Waals surface area contributed by atoms with E-state index < -0.39 is 0 Å². The molecular weight excluding hydrogens is 290 g/mol. The fraction of sp³-hybridized carbons (Fsp3) is 0.267. The Bertz CT molecular complexity index is 619. The molecule has 0 amide bonds. The van der Waals surface area contributed by atoms with E-state index in [0.29, 0.717) is 18.2 Å². The van der Waals surface area contributed by atoms with Crippen molar-refractivity contribution in [2.24, 2.45) is 5.84 Å². The van der Waals surface area contributed by atoms with Crippen LogP contribution < -0.4 is 20.7 Å². The van der Waals surface area contributed by atoms with Gasteiger partial charge in [-0.2, -0.15) is 0 Å². The second-order valence-corrected chi connectivity index (χ2v) is 5.19. The Morgan fingerprint density at radius 1 is 1.14 bits per heavy atom. The summed E-state index contributed by atoms with van der Waals surface area (Å²) in [5.74, 6) is 7.18. The van der Waals surface area contributed by atoms with Crippen molar-refractivity contribution in [2.45, 2.75) is 12.5 Å². The minimum absolute atomic E-state index is 0.237. The third kappa shape index (κ3) is 3.10. The second kappa shape index (κ2) is 6.30. The van der Waals surface area contributed by atoms with Gasteiger partial charge in [-0.3, -0.25) is 10.8 Å². The van der Waals surface area contributed by atoms with Gasteiger partial charge in [0.1, 0.15) is 0 Å². The number of hydrogen-bond donors (Lipinski definition) is 2. The number of ether oxygens (including phenoxy) is 2. The van der Waals surface area contributed by atoms with Crippen molar-refractivity contribution in [3.8, 4) is 11.5 Å². The molecule has 1 aromatic carbocycles. The normalized spacial score (nSPS) is 15.3. The summed E-state index contributed by atoms with van der Waals surface area (Å²) in [7, 11) is 0. The van der Waals surface area contributed by atoms with Gasteiger partial charge in [0.2, 0.25) is 0 Å². The Hall–Kier alpha value is -1.82. The van der Waals surface area contributed by atoms with Crippen LogP contribution in [0.5, 0.6) is 11.5 Å². The summed E-state index contributed by atoms with van der Waals surface area (Å²) >= 11 is 5.87. The van der Waals surface area contributed by atoms with Gasteiger partial charge in [-0.05, 0) is 29.8 Å². The Morgan fingerprint density at radius 2 is 1.95 bits per heavy atom. The lowest BCUT2D eigenvalue weighted by Crippen LogP contribution is -2.29.